The normalized spacial score (nSPS) is 10.9. The molecule has 0 saturated heterocycles. The molecule has 6 heteroatoms. The molecule has 0 atom stereocenters. The molecule has 4 aromatic carbocycles. The van der Waals surface area contributed by atoms with Gasteiger partial charge in [0.15, 0.2) is 17.5 Å². The van der Waals surface area contributed by atoms with Crippen molar-refractivity contribution in [3.63, 3.8) is 0 Å². The van der Waals surface area contributed by atoms with Gasteiger partial charge in [-0.3, -0.25) is 0 Å². The molecule has 0 spiro atoms. The molecule has 0 N–H and O–H groups in total. The number of hydrogen-bond acceptors (Lipinski definition) is 1. The number of halogens is 5. The molecular formula is C29H21F5O. The summed E-state index contributed by atoms with van der Waals surface area (Å²) in [6.45, 7) is 0.519. The van der Waals surface area contributed by atoms with Gasteiger partial charge < -0.3 is 4.74 Å². The summed E-state index contributed by atoms with van der Waals surface area (Å²) < 4.78 is 74.7. The molecule has 0 fully saturated rings. The van der Waals surface area contributed by atoms with Crippen LogP contribution in [0.15, 0.2) is 60.7 Å². The second-order valence-electron chi connectivity index (χ2n) is 8.16. The molecule has 0 aliphatic carbocycles. The topological polar surface area (TPSA) is 9.23 Å². The summed E-state index contributed by atoms with van der Waals surface area (Å²) in [5, 5.41) is 0.0917. The van der Waals surface area contributed by atoms with Crippen LogP contribution in [0.25, 0.3) is 10.8 Å². The van der Waals surface area contributed by atoms with Crippen molar-refractivity contribution in [3.05, 3.63) is 118 Å². The Morgan fingerprint density at radius 3 is 2.14 bits per heavy atom. The number of rotatable bonds is 6. The Hall–Kier alpha value is -3.69. The first-order chi connectivity index (χ1) is 16.9. The molecule has 178 valence electrons. The second kappa shape index (κ2) is 10.7. The summed E-state index contributed by atoms with van der Waals surface area (Å²) in [7, 11) is 1.60. The van der Waals surface area contributed by atoms with Crippen molar-refractivity contribution in [1.29, 1.82) is 0 Å². The van der Waals surface area contributed by atoms with Crippen LogP contribution in [0.4, 0.5) is 22.0 Å². The van der Waals surface area contributed by atoms with E-state index >= 15 is 0 Å². The molecule has 1 nitrogen and oxygen atoms in total. The maximum Gasteiger partial charge on any atom is 0.195 e. The molecule has 0 heterocycles. The van der Waals surface area contributed by atoms with Crippen molar-refractivity contribution in [1.82, 2.24) is 0 Å². The minimum absolute atomic E-state index is 0.0639. The van der Waals surface area contributed by atoms with Gasteiger partial charge in [-0.2, -0.15) is 0 Å². The van der Waals surface area contributed by atoms with Crippen LogP contribution >= 0.6 is 0 Å². The van der Waals surface area contributed by atoms with E-state index in [0.29, 0.717) is 42.6 Å². The van der Waals surface area contributed by atoms with E-state index in [9.17, 15) is 22.0 Å². The summed E-state index contributed by atoms with van der Waals surface area (Å²) >= 11 is 0. The van der Waals surface area contributed by atoms with E-state index in [1.165, 1.54) is 36.4 Å². The lowest BCUT2D eigenvalue weighted by molar-refractivity contribution is 0.202. The number of ether oxygens (including phenoxy) is 1. The third-order valence-electron chi connectivity index (χ3n) is 5.74. The van der Waals surface area contributed by atoms with Gasteiger partial charge in [-0.05, 0) is 77.7 Å². The van der Waals surface area contributed by atoms with Crippen molar-refractivity contribution in [3.8, 4) is 11.8 Å². The van der Waals surface area contributed by atoms with Gasteiger partial charge in [0, 0.05) is 18.1 Å². The molecule has 0 bridgehead atoms. The number of benzene rings is 4. The fourth-order valence-electron chi connectivity index (χ4n) is 3.79. The monoisotopic (exact) mass is 480 g/mol. The Kier molecular flexibility index (Phi) is 7.48. The average Bonchev–Trinajstić information content (AvgIpc) is 2.85. The van der Waals surface area contributed by atoms with Gasteiger partial charge in [-0.1, -0.05) is 36.1 Å². The lowest BCUT2D eigenvalue weighted by Gasteiger charge is -2.07. The Morgan fingerprint density at radius 2 is 1.40 bits per heavy atom. The molecule has 0 amide bonds. The molecule has 4 aromatic rings. The Labute approximate surface area is 200 Å². The Balaban J connectivity index is 1.46. The third kappa shape index (κ3) is 5.70. The van der Waals surface area contributed by atoms with Crippen LogP contribution < -0.4 is 0 Å². The van der Waals surface area contributed by atoms with E-state index in [0.717, 1.165) is 11.6 Å². The molecular weight excluding hydrogens is 459 g/mol. The zero-order chi connectivity index (χ0) is 24.9. The summed E-state index contributed by atoms with van der Waals surface area (Å²) in [4.78, 5) is 0. The van der Waals surface area contributed by atoms with E-state index in [1.54, 1.807) is 19.2 Å². The molecule has 4 rings (SSSR count). The zero-order valence-electron chi connectivity index (χ0n) is 18.9. The van der Waals surface area contributed by atoms with E-state index < -0.39 is 23.3 Å². The second-order valence-corrected chi connectivity index (χ2v) is 8.16. The molecule has 0 unspecified atom stereocenters. The molecule has 35 heavy (non-hydrogen) atoms. The Morgan fingerprint density at radius 1 is 0.657 bits per heavy atom. The van der Waals surface area contributed by atoms with Gasteiger partial charge >= 0.3 is 0 Å². The molecule has 0 aliphatic rings. The van der Waals surface area contributed by atoms with Gasteiger partial charge in [-0.15, -0.1) is 0 Å². The highest BCUT2D eigenvalue weighted by molar-refractivity contribution is 5.84. The van der Waals surface area contributed by atoms with Gasteiger partial charge in [0.1, 0.15) is 11.6 Å². The minimum atomic E-state index is -1.53. The van der Waals surface area contributed by atoms with E-state index in [-0.39, 0.29) is 22.2 Å². The third-order valence-corrected chi connectivity index (χ3v) is 5.74. The van der Waals surface area contributed by atoms with Crippen LogP contribution in [0.5, 0.6) is 0 Å². The summed E-state index contributed by atoms with van der Waals surface area (Å²) in [6, 6.07) is 14.8. The number of aryl methyl sites for hydroxylation is 2. The fourth-order valence-corrected chi connectivity index (χ4v) is 3.79. The largest absolute Gasteiger partial charge is 0.384 e. The van der Waals surface area contributed by atoms with Crippen molar-refractivity contribution < 1.29 is 26.7 Å². The van der Waals surface area contributed by atoms with E-state index in [1.807, 2.05) is 6.07 Å². The fraction of sp³-hybridized carbons (Fsp3) is 0.172. The van der Waals surface area contributed by atoms with Crippen molar-refractivity contribution >= 4 is 10.8 Å². The average molecular weight is 480 g/mol. The quantitative estimate of drug-likeness (QED) is 0.166. The molecule has 0 aromatic heterocycles. The van der Waals surface area contributed by atoms with E-state index in [4.69, 9.17) is 4.74 Å². The lowest BCUT2D eigenvalue weighted by atomic mass is 10.0. The lowest BCUT2D eigenvalue weighted by Crippen LogP contribution is -1.99. The number of hydrogen-bond donors (Lipinski definition) is 0. The molecule has 0 radical (unpaired) electrons. The zero-order valence-corrected chi connectivity index (χ0v) is 18.9. The van der Waals surface area contributed by atoms with Crippen LogP contribution in [0, 0.1) is 40.9 Å². The minimum Gasteiger partial charge on any atom is -0.384 e. The van der Waals surface area contributed by atoms with Gasteiger partial charge in [0.25, 0.3) is 0 Å². The highest BCUT2D eigenvalue weighted by Crippen LogP contribution is 2.24. The number of methoxy groups -OCH3 is 1. The SMILES string of the molecule is COCCc1ccc(CCc2ccc(C#Cc3ccc4c(F)c(F)c(F)cc4c3)c(F)c2)c(F)c1. The van der Waals surface area contributed by atoms with E-state index in [2.05, 4.69) is 11.8 Å². The number of fused-ring (bicyclic) bond motifs is 1. The Bertz CT molecular complexity index is 1450. The highest BCUT2D eigenvalue weighted by atomic mass is 19.2. The van der Waals surface area contributed by atoms with Gasteiger partial charge in [0.05, 0.1) is 12.2 Å². The van der Waals surface area contributed by atoms with Crippen LogP contribution in [-0.2, 0) is 24.0 Å². The van der Waals surface area contributed by atoms with Gasteiger partial charge in [-0.25, -0.2) is 22.0 Å². The van der Waals surface area contributed by atoms with Crippen LogP contribution in [0.2, 0.25) is 0 Å². The van der Waals surface area contributed by atoms with Crippen LogP contribution in [-0.4, -0.2) is 13.7 Å². The van der Waals surface area contributed by atoms with Crippen LogP contribution in [0.3, 0.4) is 0 Å². The van der Waals surface area contributed by atoms with Gasteiger partial charge in [0.2, 0.25) is 0 Å². The summed E-state index contributed by atoms with van der Waals surface area (Å²) in [6.07, 6.45) is 1.51. The standard InChI is InChI=1S/C29H21F5O/c1-35-13-12-20-5-10-22(26(31)16-20)9-4-19-3-8-21(25(30)15-19)7-2-18-6-11-24-23(14-18)17-27(32)29(34)28(24)33/h3,5-6,8,10-11,14-17H,4,9,12-13H2,1H3. The maximum atomic E-state index is 14.6. The first kappa shape index (κ1) is 24.4. The summed E-state index contributed by atoms with van der Waals surface area (Å²) in [5.41, 5.74) is 2.67. The highest BCUT2D eigenvalue weighted by Gasteiger charge is 2.13. The predicted molar refractivity (Wildman–Crippen MR) is 126 cm³/mol. The molecule has 0 aliphatic heterocycles. The van der Waals surface area contributed by atoms with Crippen molar-refractivity contribution in [2.24, 2.45) is 0 Å². The first-order valence-electron chi connectivity index (χ1n) is 11.0. The van der Waals surface area contributed by atoms with Crippen LogP contribution in [0.1, 0.15) is 27.8 Å². The maximum absolute atomic E-state index is 14.6. The first-order valence-corrected chi connectivity index (χ1v) is 11.0. The summed E-state index contributed by atoms with van der Waals surface area (Å²) in [5.74, 6) is 0.584. The predicted octanol–water partition coefficient (Wildman–Crippen LogP) is 6.91. The van der Waals surface area contributed by atoms with Crippen molar-refractivity contribution in [2.75, 3.05) is 13.7 Å². The van der Waals surface area contributed by atoms with Crippen molar-refractivity contribution in [2.45, 2.75) is 19.3 Å². The molecule has 0 saturated carbocycles. The smallest absolute Gasteiger partial charge is 0.195 e.